The van der Waals surface area contributed by atoms with E-state index in [1.54, 1.807) is 13.3 Å². The van der Waals surface area contributed by atoms with Gasteiger partial charge in [0.25, 0.3) is 5.91 Å². The lowest BCUT2D eigenvalue weighted by Gasteiger charge is -2.07. The van der Waals surface area contributed by atoms with Crippen molar-refractivity contribution in [3.63, 3.8) is 0 Å². The van der Waals surface area contributed by atoms with Crippen LogP contribution in [0.2, 0.25) is 0 Å². The monoisotopic (exact) mass is 311 g/mol. The van der Waals surface area contributed by atoms with Crippen LogP contribution in [0.4, 0.5) is 5.69 Å². The highest BCUT2D eigenvalue weighted by molar-refractivity contribution is 5.84. The van der Waals surface area contributed by atoms with E-state index in [-0.39, 0.29) is 12.5 Å². The number of ether oxygens (including phenoxy) is 1. The minimum absolute atomic E-state index is 0.169. The second kappa shape index (κ2) is 7.98. The van der Waals surface area contributed by atoms with Crippen molar-refractivity contribution in [1.82, 2.24) is 5.43 Å². The van der Waals surface area contributed by atoms with Gasteiger partial charge in [0, 0.05) is 5.69 Å². The van der Waals surface area contributed by atoms with Crippen LogP contribution < -0.4 is 15.5 Å². The summed E-state index contributed by atoms with van der Waals surface area (Å²) in [6, 6.07) is 13.4. The first-order valence-corrected chi connectivity index (χ1v) is 7.35. The molecule has 0 saturated heterocycles. The average Bonchev–Trinajstić information content (AvgIpc) is 2.56. The molecule has 0 atom stereocenters. The summed E-state index contributed by atoms with van der Waals surface area (Å²) < 4.78 is 5.08. The Morgan fingerprint density at radius 1 is 1.13 bits per heavy atom. The van der Waals surface area contributed by atoms with Crippen LogP contribution in [0, 0.1) is 13.8 Å². The van der Waals surface area contributed by atoms with Crippen LogP contribution in [0.1, 0.15) is 16.7 Å². The van der Waals surface area contributed by atoms with Gasteiger partial charge in [0.2, 0.25) is 0 Å². The number of benzene rings is 2. The molecule has 0 aromatic heterocycles. The van der Waals surface area contributed by atoms with Crippen LogP contribution in [0.3, 0.4) is 0 Å². The van der Waals surface area contributed by atoms with Gasteiger partial charge in [-0.2, -0.15) is 5.10 Å². The summed E-state index contributed by atoms with van der Waals surface area (Å²) in [4.78, 5) is 11.8. The number of hydrazone groups is 1. The first-order chi connectivity index (χ1) is 11.1. The van der Waals surface area contributed by atoms with E-state index in [1.165, 1.54) is 11.1 Å². The lowest BCUT2D eigenvalue weighted by molar-refractivity contribution is -0.119. The van der Waals surface area contributed by atoms with Crippen molar-refractivity contribution in [3.8, 4) is 5.75 Å². The summed E-state index contributed by atoms with van der Waals surface area (Å²) in [5.41, 5.74) is 6.71. The molecule has 0 radical (unpaired) electrons. The molecule has 0 saturated carbocycles. The molecule has 23 heavy (non-hydrogen) atoms. The maximum absolute atomic E-state index is 11.8. The largest absolute Gasteiger partial charge is 0.497 e. The van der Waals surface area contributed by atoms with E-state index in [9.17, 15) is 4.79 Å². The SMILES string of the molecule is COc1ccc(/C=N\NC(=O)CNc2ccc(C)c(C)c2)cc1. The van der Waals surface area contributed by atoms with Crippen LogP contribution in [0.5, 0.6) is 5.75 Å². The number of nitrogens with zero attached hydrogens (tertiary/aromatic N) is 1. The summed E-state index contributed by atoms with van der Waals surface area (Å²) in [5.74, 6) is 0.580. The molecule has 2 aromatic rings. The Bertz CT molecular complexity index is 694. The maximum atomic E-state index is 11.8. The Morgan fingerprint density at radius 2 is 1.87 bits per heavy atom. The second-order valence-corrected chi connectivity index (χ2v) is 5.22. The molecule has 5 nitrogen and oxygen atoms in total. The number of nitrogens with one attached hydrogen (secondary N) is 2. The van der Waals surface area contributed by atoms with E-state index in [1.807, 2.05) is 49.4 Å². The molecule has 0 aliphatic rings. The zero-order chi connectivity index (χ0) is 16.7. The molecule has 0 fully saturated rings. The first-order valence-electron chi connectivity index (χ1n) is 7.35. The van der Waals surface area contributed by atoms with Crippen LogP contribution in [-0.2, 0) is 4.79 Å². The summed E-state index contributed by atoms with van der Waals surface area (Å²) in [7, 11) is 1.62. The number of hydrogen-bond donors (Lipinski definition) is 2. The van der Waals surface area contributed by atoms with Crippen molar-refractivity contribution in [2.24, 2.45) is 5.10 Å². The van der Waals surface area contributed by atoms with Gasteiger partial charge in [-0.1, -0.05) is 6.07 Å². The lowest BCUT2D eigenvalue weighted by atomic mass is 10.1. The smallest absolute Gasteiger partial charge is 0.259 e. The zero-order valence-electron chi connectivity index (χ0n) is 13.6. The first kappa shape index (κ1) is 16.5. The van der Waals surface area contributed by atoms with Crippen molar-refractivity contribution in [3.05, 3.63) is 59.2 Å². The standard InChI is InChI=1S/C18H21N3O2/c1-13-4-7-16(10-14(13)2)19-12-18(22)21-20-11-15-5-8-17(23-3)9-6-15/h4-11,19H,12H2,1-3H3,(H,21,22)/b20-11-. The molecular formula is C18H21N3O2. The van der Waals surface area contributed by atoms with Gasteiger partial charge in [-0.3, -0.25) is 4.79 Å². The fraction of sp³-hybridized carbons (Fsp3) is 0.222. The van der Waals surface area contributed by atoms with Gasteiger partial charge in [0.05, 0.1) is 19.9 Å². The third-order valence-corrected chi connectivity index (χ3v) is 3.48. The predicted molar refractivity (Wildman–Crippen MR) is 93.1 cm³/mol. The average molecular weight is 311 g/mol. The van der Waals surface area contributed by atoms with Gasteiger partial charge in [-0.05, 0) is 66.9 Å². The highest BCUT2D eigenvalue weighted by Gasteiger charge is 2.00. The number of aryl methyl sites for hydroxylation is 2. The van der Waals surface area contributed by atoms with Gasteiger partial charge >= 0.3 is 0 Å². The van der Waals surface area contributed by atoms with Crippen molar-refractivity contribution in [2.45, 2.75) is 13.8 Å². The summed E-state index contributed by atoms with van der Waals surface area (Å²) in [5, 5.41) is 7.01. The highest BCUT2D eigenvalue weighted by atomic mass is 16.5. The van der Waals surface area contributed by atoms with E-state index >= 15 is 0 Å². The Hall–Kier alpha value is -2.82. The fourth-order valence-electron chi connectivity index (χ4n) is 1.94. The summed E-state index contributed by atoms with van der Waals surface area (Å²) >= 11 is 0. The number of amides is 1. The number of rotatable bonds is 6. The van der Waals surface area contributed by atoms with Crippen molar-refractivity contribution in [1.29, 1.82) is 0 Å². The van der Waals surface area contributed by atoms with Gasteiger partial charge in [0.15, 0.2) is 0 Å². The number of methoxy groups -OCH3 is 1. The minimum Gasteiger partial charge on any atom is -0.497 e. The Kier molecular flexibility index (Phi) is 5.74. The Labute approximate surface area is 136 Å². The van der Waals surface area contributed by atoms with Crippen LogP contribution in [-0.4, -0.2) is 25.8 Å². The maximum Gasteiger partial charge on any atom is 0.259 e. The van der Waals surface area contributed by atoms with E-state index < -0.39 is 0 Å². The van der Waals surface area contributed by atoms with Gasteiger partial charge in [-0.25, -0.2) is 5.43 Å². The van der Waals surface area contributed by atoms with Gasteiger partial charge in [0.1, 0.15) is 5.75 Å². The van der Waals surface area contributed by atoms with Crippen LogP contribution in [0.15, 0.2) is 47.6 Å². The van der Waals surface area contributed by atoms with Crippen LogP contribution >= 0.6 is 0 Å². The number of hydrogen-bond acceptors (Lipinski definition) is 4. The third kappa shape index (κ3) is 5.14. The third-order valence-electron chi connectivity index (χ3n) is 3.48. The molecular weight excluding hydrogens is 290 g/mol. The number of carbonyl (C=O) groups excluding carboxylic acids is 1. The van der Waals surface area contributed by atoms with Crippen molar-refractivity contribution >= 4 is 17.8 Å². The topological polar surface area (TPSA) is 62.7 Å². The Balaban J connectivity index is 1.79. The normalized spacial score (nSPS) is 10.6. The predicted octanol–water partition coefficient (Wildman–Crippen LogP) is 2.87. The highest BCUT2D eigenvalue weighted by Crippen LogP contribution is 2.13. The van der Waals surface area contributed by atoms with E-state index in [4.69, 9.17) is 4.74 Å². The molecule has 0 spiro atoms. The van der Waals surface area contributed by atoms with E-state index in [0.717, 1.165) is 17.0 Å². The molecule has 0 aliphatic carbocycles. The number of carbonyl (C=O) groups is 1. The van der Waals surface area contributed by atoms with Gasteiger partial charge in [-0.15, -0.1) is 0 Å². The molecule has 2 rings (SSSR count). The summed E-state index contributed by atoms with van der Waals surface area (Å²) in [6.45, 7) is 4.27. The summed E-state index contributed by atoms with van der Waals surface area (Å²) in [6.07, 6.45) is 1.59. The quantitative estimate of drug-likeness (QED) is 0.637. The molecule has 0 aliphatic heterocycles. The van der Waals surface area contributed by atoms with Crippen LogP contribution in [0.25, 0.3) is 0 Å². The molecule has 0 unspecified atom stereocenters. The molecule has 0 bridgehead atoms. The molecule has 5 heteroatoms. The van der Waals surface area contributed by atoms with Crippen molar-refractivity contribution in [2.75, 3.05) is 19.0 Å². The molecule has 120 valence electrons. The van der Waals surface area contributed by atoms with Gasteiger partial charge < -0.3 is 10.1 Å². The fourth-order valence-corrected chi connectivity index (χ4v) is 1.94. The molecule has 0 heterocycles. The van der Waals surface area contributed by atoms with E-state index in [2.05, 4.69) is 22.8 Å². The Morgan fingerprint density at radius 3 is 2.52 bits per heavy atom. The van der Waals surface area contributed by atoms with Crippen molar-refractivity contribution < 1.29 is 9.53 Å². The minimum atomic E-state index is -0.201. The lowest BCUT2D eigenvalue weighted by Crippen LogP contribution is -2.25. The molecule has 1 amide bonds. The second-order valence-electron chi connectivity index (χ2n) is 5.22. The molecule has 2 N–H and O–H groups in total. The van der Waals surface area contributed by atoms with E-state index in [0.29, 0.717) is 0 Å². The molecule has 2 aromatic carbocycles. The number of anilines is 1. The zero-order valence-corrected chi connectivity index (χ0v) is 13.6.